The molecule has 14 nitrogen and oxygen atoms in total. The Morgan fingerprint density at radius 3 is 1.62 bits per heavy atom. The number of rotatable bonds is 11. The third-order valence-corrected chi connectivity index (χ3v) is 6.60. The number of carboxylic acids is 1. The second-order valence-corrected chi connectivity index (χ2v) is 9.81. The van der Waals surface area contributed by atoms with Gasteiger partial charge in [0.25, 0.3) is 5.91 Å². The van der Waals surface area contributed by atoms with Gasteiger partial charge in [-0.25, -0.2) is 9.48 Å². The van der Waals surface area contributed by atoms with Crippen molar-refractivity contribution >= 4 is 52.8 Å². The van der Waals surface area contributed by atoms with Crippen LogP contribution in [0.3, 0.4) is 0 Å². The molecule has 1 heterocycles. The predicted octanol–water partition coefficient (Wildman–Crippen LogP) is 5.00. The number of carbonyl (C=O) groups is 4. The van der Waals surface area contributed by atoms with Crippen LogP contribution < -0.4 is 25.4 Å². The van der Waals surface area contributed by atoms with Gasteiger partial charge in [-0.15, -0.1) is 26.3 Å². The molecule has 0 spiro atoms. The number of hydrogen-bond acceptors (Lipinski definition) is 9. The van der Waals surface area contributed by atoms with Gasteiger partial charge in [-0.1, -0.05) is 42.1 Å². The first-order valence-electron chi connectivity index (χ1n) is 13.2. The van der Waals surface area contributed by atoms with Crippen molar-refractivity contribution < 1.29 is 60.1 Å². The molecule has 0 saturated heterocycles. The molecule has 0 aliphatic heterocycles. The van der Waals surface area contributed by atoms with Crippen LogP contribution in [0.5, 0.6) is 11.5 Å². The van der Waals surface area contributed by atoms with Gasteiger partial charge in [0.05, 0.1) is 21.2 Å². The van der Waals surface area contributed by atoms with E-state index in [1.807, 2.05) is 0 Å². The van der Waals surface area contributed by atoms with Crippen molar-refractivity contribution in [2.24, 2.45) is 7.05 Å². The fourth-order valence-electron chi connectivity index (χ4n) is 3.45. The third-order valence-electron chi connectivity index (χ3n) is 5.74. The van der Waals surface area contributed by atoms with E-state index in [-0.39, 0.29) is 59.2 Å². The molecule has 4 N–H and O–H groups in total. The molecule has 22 heteroatoms. The molecular formula is C26H25Cl2F6N7O7. The zero-order valence-electron chi connectivity index (χ0n) is 24.8. The number of benzene rings is 2. The molecule has 0 bridgehead atoms. The van der Waals surface area contributed by atoms with Crippen LogP contribution in [0.25, 0.3) is 0 Å². The summed E-state index contributed by atoms with van der Waals surface area (Å²) in [5.41, 5.74) is -0.975. The third kappa shape index (κ3) is 11.7. The van der Waals surface area contributed by atoms with E-state index in [2.05, 4.69) is 40.9 Å². The van der Waals surface area contributed by atoms with Gasteiger partial charge in [-0.2, -0.15) is 0 Å². The normalized spacial score (nSPS) is 11.1. The molecule has 262 valence electrons. The number of aryl methyl sites for hydroxylation is 1. The molecule has 0 aliphatic rings. The Labute approximate surface area is 276 Å². The maximum Gasteiger partial charge on any atom is 0.573 e. The van der Waals surface area contributed by atoms with Crippen LogP contribution >= 0.6 is 23.2 Å². The average Bonchev–Trinajstić information content (AvgIpc) is 3.38. The molecule has 3 rings (SSSR count). The van der Waals surface area contributed by atoms with Gasteiger partial charge >= 0.3 is 18.7 Å². The molecule has 0 atom stereocenters. The van der Waals surface area contributed by atoms with Crippen molar-refractivity contribution in [2.75, 3.05) is 5.32 Å². The number of aromatic carboxylic acids is 1. The number of anilines is 1. The summed E-state index contributed by atoms with van der Waals surface area (Å²) in [4.78, 5) is 45.9. The van der Waals surface area contributed by atoms with Crippen molar-refractivity contribution in [1.82, 2.24) is 30.8 Å². The van der Waals surface area contributed by atoms with Crippen LogP contribution in [0.15, 0.2) is 24.3 Å². The first kappa shape index (κ1) is 39.3. The lowest BCUT2D eigenvalue weighted by Crippen LogP contribution is -2.25. The van der Waals surface area contributed by atoms with Gasteiger partial charge < -0.3 is 25.2 Å². The highest BCUT2D eigenvalue weighted by Crippen LogP contribution is 2.35. The number of alkyl halides is 6. The van der Waals surface area contributed by atoms with Gasteiger partial charge in [0.1, 0.15) is 11.5 Å². The van der Waals surface area contributed by atoms with E-state index in [0.29, 0.717) is 0 Å². The first-order valence-corrected chi connectivity index (χ1v) is 14.0. The summed E-state index contributed by atoms with van der Waals surface area (Å²) < 4.78 is 83.7. The number of carbonyl (C=O) groups excluding carboxylic acids is 3. The molecular weight excluding hydrogens is 707 g/mol. The van der Waals surface area contributed by atoms with Gasteiger partial charge in [-0.3, -0.25) is 19.7 Å². The minimum Gasteiger partial charge on any atom is -0.478 e. The Hall–Kier alpha value is -4.85. The molecule has 0 unspecified atom stereocenters. The van der Waals surface area contributed by atoms with Crippen LogP contribution in [-0.4, -0.2) is 61.7 Å². The zero-order chi connectivity index (χ0) is 36.4. The molecule has 0 fully saturated rings. The van der Waals surface area contributed by atoms with E-state index in [4.69, 9.17) is 28.3 Å². The molecule has 1 aromatic heterocycles. The molecule has 2 aromatic carbocycles. The van der Waals surface area contributed by atoms with Crippen molar-refractivity contribution in [3.8, 4) is 11.5 Å². The number of ether oxygens (including phenoxy) is 2. The fourth-order valence-corrected chi connectivity index (χ4v) is 4.06. The Morgan fingerprint density at radius 1 is 0.812 bits per heavy atom. The number of tetrazole rings is 1. The number of aromatic nitrogens is 4. The van der Waals surface area contributed by atoms with E-state index >= 15 is 0 Å². The molecule has 0 aliphatic carbocycles. The maximum atomic E-state index is 12.6. The summed E-state index contributed by atoms with van der Waals surface area (Å²) in [6, 6.07) is 3.75. The molecule has 0 radical (unpaired) electrons. The number of hydrogen-bond donors (Lipinski definition) is 4. The highest BCUT2D eigenvalue weighted by atomic mass is 35.5. The van der Waals surface area contributed by atoms with Gasteiger partial charge in [0.15, 0.2) is 0 Å². The van der Waals surface area contributed by atoms with Crippen molar-refractivity contribution in [3.05, 3.63) is 56.6 Å². The van der Waals surface area contributed by atoms with Crippen LogP contribution in [-0.2, 0) is 29.7 Å². The summed E-state index contributed by atoms with van der Waals surface area (Å²) in [5, 5.41) is 25.7. The SMILES string of the molecule is CCC(=O)NCc1c(OC(F)(F)F)ccc(C(=O)Nc2nnnn2C)c1Cl.CCC(=O)NCc1c(OC(F)(F)F)ccc(C(=O)O)c1Cl. The van der Waals surface area contributed by atoms with E-state index in [1.54, 1.807) is 13.8 Å². The van der Waals surface area contributed by atoms with Crippen molar-refractivity contribution in [1.29, 1.82) is 0 Å². The van der Waals surface area contributed by atoms with Crippen LogP contribution in [0.4, 0.5) is 32.3 Å². The van der Waals surface area contributed by atoms with Crippen molar-refractivity contribution in [3.63, 3.8) is 0 Å². The lowest BCUT2D eigenvalue weighted by atomic mass is 10.1. The summed E-state index contributed by atoms with van der Waals surface area (Å²) in [7, 11) is 1.48. The van der Waals surface area contributed by atoms with Gasteiger partial charge in [0.2, 0.25) is 17.8 Å². The quantitative estimate of drug-likeness (QED) is 0.196. The van der Waals surface area contributed by atoms with E-state index in [9.17, 15) is 45.5 Å². The summed E-state index contributed by atoms with van der Waals surface area (Å²) in [5.74, 6) is -4.27. The Balaban J connectivity index is 0.000000345. The van der Waals surface area contributed by atoms with E-state index in [1.165, 1.54) is 11.7 Å². The van der Waals surface area contributed by atoms with E-state index in [0.717, 1.165) is 24.3 Å². The first-order chi connectivity index (χ1) is 22.3. The fraction of sp³-hybridized carbons (Fsp3) is 0.346. The Bertz CT molecular complexity index is 1650. The molecule has 3 amide bonds. The summed E-state index contributed by atoms with van der Waals surface area (Å²) >= 11 is 11.9. The Kier molecular flexibility index (Phi) is 13.8. The lowest BCUT2D eigenvalue weighted by molar-refractivity contribution is -0.275. The van der Waals surface area contributed by atoms with Crippen molar-refractivity contribution in [2.45, 2.75) is 52.5 Å². The van der Waals surface area contributed by atoms with Gasteiger partial charge in [0, 0.05) is 44.1 Å². The van der Waals surface area contributed by atoms with E-state index < -0.39 is 52.9 Å². The zero-order valence-corrected chi connectivity index (χ0v) is 26.4. The number of amides is 3. The van der Waals surface area contributed by atoms with Crippen LogP contribution in [0.2, 0.25) is 10.0 Å². The molecule has 0 saturated carbocycles. The van der Waals surface area contributed by atoms with Gasteiger partial charge in [-0.05, 0) is 34.7 Å². The summed E-state index contributed by atoms with van der Waals surface area (Å²) in [6.45, 7) is 2.39. The molecule has 48 heavy (non-hydrogen) atoms. The number of carboxylic acid groups (broad SMARTS) is 1. The minimum atomic E-state index is -4.97. The lowest BCUT2D eigenvalue weighted by Gasteiger charge is -2.17. The number of halogens is 8. The number of nitrogens with one attached hydrogen (secondary N) is 3. The number of nitrogens with zero attached hydrogens (tertiary/aromatic N) is 4. The predicted molar refractivity (Wildman–Crippen MR) is 154 cm³/mol. The second kappa shape index (κ2) is 16.8. The second-order valence-electron chi connectivity index (χ2n) is 9.05. The topological polar surface area (TPSA) is 187 Å². The minimum absolute atomic E-state index is 0.00696. The molecule has 3 aromatic rings. The Morgan fingerprint density at radius 2 is 1.25 bits per heavy atom. The largest absolute Gasteiger partial charge is 0.573 e. The van der Waals surface area contributed by atoms with Crippen LogP contribution in [0.1, 0.15) is 58.5 Å². The average molecular weight is 732 g/mol. The smallest absolute Gasteiger partial charge is 0.478 e. The van der Waals surface area contributed by atoms with Crippen LogP contribution in [0, 0.1) is 0 Å². The standard InChI is InChI=1S/C14H14ClF3N6O3.C12H11ClF3NO4/c1-3-10(25)19-6-8-9(27-14(16,17)18)5-4-7(11(8)15)12(26)20-13-21-22-23-24(13)2;1-2-9(18)17-5-7-8(21-12(14,15)16)4-3-6(10(7)13)11(19)20/h4-5H,3,6H2,1-2H3,(H,19,25)(H,20,21,23,26);3-4H,2,5H2,1H3,(H,17,18)(H,19,20). The monoisotopic (exact) mass is 731 g/mol. The highest BCUT2D eigenvalue weighted by Gasteiger charge is 2.34. The maximum absolute atomic E-state index is 12.6. The summed E-state index contributed by atoms with van der Waals surface area (Å²) in [6.07, 6.45) is -9.70. The highest BCUT2D eigenvalue weighted by molar-refractivity contribution is 6.35.